The Morgan fingerprint density at radius 2 is 2.00 bits per heavy atom. The first-order valence-electron chi connectivity index (χ1n) is 6.20. The van der Waals surface area contributed by atoms with Crippen LogP contribution in [-0.2, 0) is 4.79 Å². The fourth-order valence-corrected chi connectivity index (χ4v) is 1.90. The first kappa shape index (κ1) is 13.9. The van der Waals surface area contributed by atoms with Gasteiger partial charge >= 0.3 is 0 Å². The average Bonchev–Trinajstić information content (AvgIpc) is 2.43. The summed E-state index contributed by atoms with van der Waals surface area (Å²) in [7, 11) is 0. The molecule has 100 valence electrons. The predicted molar refractivity (Wildman–Crippen MR) is 80.8 cm³/mol. The van der Waals surface area contributed by atoms with Crippen molar-refractivity contribution in [3.63, 3.8) is 0 Å². The van der Waals surface area contributed by atoms with Gasteiger partial charge in [-0.3, -0.25) is 4.79 Å². The van der Waals surface area contributed by atoms with E-state index >= 15 is 0 Å². The number of carbonyl (C=O) groups is 1. The summed E-state index contributed by atoms with van der Waals surface area (Å²) in [4.78, 5) is 11.1. The van der Waals surface area contributed by atoms with Crippen LogP contribution in [-0.4, -0.2) is 23.9 Å². The second-order valence-corrected chi connectivity index (χ2v) is 5.64. The van der Waals surface area contributed by atoms with Gasteiger partial charge in [0.2, 0.25) is 5.91 Å². The summed E-state index contributed by atoms with van der Waals surface area (Å²) in [5.74, 6) is 0.793. The van der Waals surface area contributed by atoms with Gasteiger partial charge in [-0.25, -0.2) is 0 Å². The third-order valence-electron chi connectivity index (χ3n) is 2.75. The first-order valence-corrected chi connectivity index (χ1v) is 7.12. The summed E-state index contributed by atoms with van der Waals surface area (Å²) < 4.78 is 5.61. The van der Waals surface area contributed by atoms with Gasteiger partial charge in [0.15, 0.2) is 0 Å². The van der Waals surface area contributed by atoms with Crippen molar-refractivity contribution < 1.29 is 9.53 Å². The highest BCUT2D eigenvalue weighted by molar-refractivity contribution is 9.10. The maximum Gasteiger partial charge on any atom is 0.233 e. The quantitative estimate of drug-likeness (QED) is 0.678. The van der Waals surface area contributed by atoms with Crippen molar-refractivity contribution in [1.82, 2.24) is 5.32 Å². The maximum absolute atomic E-state index is 11.3. The lowest BCUT2D eigenvalue weighted by molar-refractivity contribution is -0.120. The zero-order valence-corrected chi connectivity index (χ0v) is 12.3. The molecule has 0 heterocycles. The minimum Gasteiger partial charge on any atom is -0.492 e. The number of carbonyl (C=O) groups excluding carboxylic acids is 1. The van der Waals surface area contributed by atoms with Crippen molar-refractivity contribution in [3.8, 4) is 5.75 Å². The minimum atomic E-state index is -0.173. The van der Waals surface area contributed by atoms with E-state index in [0.717, 1.165) is 11.1 Å². The summed E-state index contributed by atoms with van der Waals surface area (Å²) >= 11 is 3.21. The molecule has 0 saturated heterocycles. The molecule has 19 heavy (non-hydrogen) atoms. The molecule has 0 aromatic heterocycles. The van der Waals surface area contributed by atoms with E-state index in [4.69, 9.17) is 4.74 Å². The molecule has 0 aliphatic carbocycles. The van der Waals surface area contributed by atoms with E-state index in [-0.39, 0.29) is 10.7 Å². The molecule has 1 atom stereocenters. The average molecular weight is 322 g/mol. The van der Waals surface area contributed by atoms with Crippen LogP contribution >= 0.6 is 15.9 Å². The Kier molecular flexibility index (Phi) is 4.80. The van der Waals surface area contributed by atoms with E-state index in [1.807, 2.05) is 30.3 Å². The fraction of sp³-hybridized carbons (Fsp3) is 0.267. The Morgan fingerprint density at radius 1 is 1.26 bits per heavy atom. The summed E-state index contributed by atoms with van der Waals surface area (Å²) in [5, 5.41) is 5.12. The molecular weight excluding hydrogens is 306 g/mol. The van der Waals surface area contributed by atoms with Gasteiger partial charge < -0.3 is 10.1 Å². The van der Waals surface area contributed by atoms with E-state index in [1.54, 1.807) is 6.92 Å². The van der Waals surface area contributed by atoms with Crippen LogP contribution in [0.3, 0.4) is 0 Å². The number of alkyl halides is 1. The van der Waals surface area contributed by atoms with Gasteiger partial charge in [-0.2, -0.15) is 0 Å². The molecule has 0 aliphatic rings. The number of hydrogen-bond donors (Lipinski definition) is 1. The Labute approximate surface area is 121 Å². The number of amides is 1. The van der Waals surface area contributed by atoms with Gasteiger partial charge in [0.25, 0.3) is 0 Å². The topological polar surface area (TPSA) is 38.3 Å². The van der Waals surface area contributed by atoms with Crippen LogP contribution < -0.4 is 10.1 Å². The molecule has 0 saturated carbocycles. The number of hydrogen-bond acceptors (Lipinski definition) is 2. The molecule has 0 bridgehead atoms. The maximum atomic E-state index is 11.3. The molecule has 4 heteroatoms. The summed E-state index contributed by atoms with van der Waals surface area (Å²) in [6.45, 7) is 2.75. The van der Waals surface area contributed by atoms with Crippen molar-refractivity contribution in [3.05, 3.63) is 42.5 Å². The largest absolute Gasteiger partial charge is 0.492 e. The lowest BCUT2D eigenvalue weighted by atomic mass is 10.1. The zero-order chi connectivity index (χ0) is 13.7. The highest BCUT2D eigenvalue weighted by Gasteiger charge is 2.06. The Bertz CT molecular complexity index is 569. The van der Waals surface area contributed by atoms with E-state index in [2.05, 4.69) is 33.4 Å². The van der Waals surface area contributed by atoms with Crippen molar-refractivity contribution in [1.29, 1.82) is 0 Å². The summed E-state index contributed by atoms with van der Waals surface area (Å²) in [6, 6.07) is 14.1. The lowest BCUT2D eigenvalue weighted by Gasteiger charge is -2.09. The van der Waals surface area contributed by atoms with E-state index in [0.29, 0.717) is 13.2 Å². The van der Waals surface area contributed by atoms with Gasteiger partial charge in [0, 0.05) is 0 Å². The third kappa shape index (κ3) is 3.96. The molecule has 1 N–H and O–H groups in total. The molecule has 1 amide bonds. The van der Waals surface area contributed by atoms with Crippen LogP contribution in [0.15, 0.2) is 42.5 Å². The number of rotatable bonds is 5. The van der Waals surface area contributed by atoms with Crippen LogP contribution in [0, 0.1) is 0 Å². The van der Waals surface area contributed by atoms with Crippen LogP contribution in [0.25, 0.3) is 10.8 Å². The molecule has 3 nitrogen and oxygen atoms in total. The Morgan fingerprint density at radius 3 is 2.74 bits per heavy atom. The molecular formula is C15H16BrNO2. The highest BCUT2D eigenvalue weighted by atomic mass is 79.9. The van der Waals surface area contributed by atoms with Crippen molar-refractivity contribution in [2.75, 3.05) is 13.2 Å². The van der Waals surface area contributed by atoms with Crippen molar-refractivity contribution in [2.45, 2.75) is 11.8 Å². The van der Waals surface area contributed by atoms with E-state index in [9.17, 15) is 4.79 Å². The highest BCUT2D eigenvalue weighted by Crippen LogP contribution is 2.20. The number of ether oxygens (including phenoxy) is 1. The second-order valence-electron chi connectivity index (χ2n) is 4.26. The summed E-state index contributed by atoms with van der Waals surface area (Å²) in [6.07, 6.45) is 0. The van der Waals surface area contributed by atoms with E-state index in [1.165, 1.54) is 5.39 Å². The standard InChI is InChI=1S/C15H16BrNO2/c1-11(16)15(18)17-8-9-19-14-7-6-12-4-2-3-5-13(12)10-14/h2-7,10-11H,8-9H2,1H3,(H,17,18). The van der Waals surface area contributed by atoms with Crippen molar-refractivity contribution >= 4 is 32.6 Å². The minimum absolute atomic E-state index is 0.0258. The van der Waals surface area contributed by atoms with Crippen LogP contribution in [0.4, 0.5) is 0 Å². The SMILES string of the molecule is CC(Br)C(=O)NCCOc1ccc2ccccc2c1. The molecule has 2 aromatic carbocycles. The Hall–Kier alpha value is -1.55. The number of nitrogens with one attached hydrogen (secondary N) is 1. The normalized spacial score (nSPS) is 12.1. The van der Waals surface area contributed by atoms with Crippen LogP contribution in [0.2, 0.25) is 0 Å². The van der Waals surface area contributed by atoms with Gasteiger partial charge in [-0.05, 0) is 29.8 Å². The molecule has 0 spiro atoms. The summed E-state index contributed by atoms with van der Waals surface area (Å²) in [5.41, 5.74) is 0. The van der Waals surface area contributed by atoms with Crippen LogP contribution in [0.1, 0.15) is 6.92 Å². The van der Waals surface area contributed by atoms with E-state index < -0.39 is 0 Å². The molecule has 0 radical (unpaired) electrons. The number of benzene rings is 2. The van der Waals surface area contributed by atoms with Crippen molar-refractivity contribution in [2.24, 2.45) is 0 Å². The molecule has 0 fully saturated rings. The number of fused-ring (bicyclic) bond motifs is 1. The molecule has 2 rings (SSSR count). The fourth-order valence-electron chi connectivity index (χ4n) is 1.74. The second kappa shape index (κ2) is 6.57. The monoisotopic (exact) mass is 321 g/mol. The molecule has 2 aromatic rings. The third-order valence-corrected chi connectivity index (χ3v) is 3.17. The molecule has 0 aliphatic heterocycles. The lowest BCUT2D eigenvalue weighted by Crippen LogP contribution is -2.32. The predicted octanol–water partition coefficient (Wildman–Crippen LogP) is 3.12. The van der Waals surface area contributed by atoms with Gasteiger partial charge in [0.05, 0.1) is 11.4 Å². The first-order chi connectivity index (χ1) is 9.16. The van der Waals surface area contributed by atoms with Gasteiger partial charge in [-0.1, -0.05) is 46.3 Å². The molecule has 1 unspecified atom stereocenters. The van der Waals surface area contributed by atoms with Crippen LogP contribution in [0.5, 0.6) is 5.75 Å². The van der Waals surface area contributed by atoms with Gasteiger partial charge in [0.1, 0.15) is 12.4 Å². The van der Waals surface area contributed by atoms with Gasteiger partial charge in [-0.15, -0.1) is 0 Å². The number of halogens is 1. The Balaban J connectivity index is 1.86. The smallest absolute Gasteiger partial charge is 0.233 e. The zero-order valence-electron chi connectivity index (χ0n) is 10.7.